The summed E-state index contributed by atoms with van der Waals surface area (Å²) in [4.78, 5) is 11.1. The molecule has 0 saturated carbocycles. The lowest BCUT2D eigenvalue weighted by Crippen LogP contribution is -2.51. The molecule has 0 aliphatic heterocycles. The third-order valence-corrected chi connectivity index (χ3v) is 2.05. The van der Waals surface area contributed by atoms with E-state index < -0.39 is 49.5 Å². The lowest BCUT2D eigenvalue weighted by Gasteiger charge is -2.25. The van der Waals surface area contributed by atoms with E-state index in [4.69, 9.17) is 25.5 Å². The average molecular weight is 240 g/mol. The number of Topliss-reactive ketones (excluding diaryl/α,β-unsaturated/α-hetero) is 1. The molecule has 8 heteroatoms. The van der Waals surface area contributed by atoms with Gasteiger partial charge in [-0.25, -0.2) is 0 Å². The highest BCUT2D eigenvalue weighted by atomic mass is 16.4. The molecule has 0 rings (SSSR count). The van der Waals surface area contributed by atoms with Crippen LogP contribution in [0.15, 0.2) is 0 Å². The summed E-state index contributed by atoms with van der Waals surface area (Å²) in [6, 6.07) is 0. The van der Waals surface area contributed by atoms with Crippen molar-refractivity contribution in [3.05, 3.63) is 0 Å². The fourth-order valence-corrected chi connectivity index (χ4v) is 0.978. The minimum atomic E-state index is -2.17. The second-order valence-corrected chi connectivity index (χ2v) is 3.28. The Kier molecular flexibility index (Phi) is 6.60. The Morgan fingerprint density at radius 1 is 0.875 bits per heavy atom. The van der Waals surface area contributed by atoms with E-state index in [0.29, 0.717) is 0 Å². The molecule has 0 saturated heterocycles. The molecule has 0 aliphatic carbocycles. The Balaban J connectivity index is 4.48. The third-order valence-electron chi connectivity index (χ3n) is 2.05. The first-order valence-electron chi connectivity index (χ1n) is 4.52. The summed E-state index contributed by atoms with van der Waals surface area (Å²) in [5.41, 5.74) is 0. The molecule has 0 radical (unpaired) electrons. The van der Waals surface area contributed by atoms with E-state index in [1.54, 1.807) is 0 Å². The van der Waals surface area contributed by atoms with Crippen molar-refractivity contribution in [2.45, 2.75) is 30.5 Å². The van der Waals surface area contributed by atoms with Crippen LogP contribution in [0, 0.1) is 0 Å². The van der Waals surface area contributed by atoms with Crippen LogP contribution in [0.2, 0.25) is 0 Å². The van der Waals surface area contributed by atoms with E-state index in [2.05, 4.69) is 0 Å². The Bertz CT molecular complexity index is 220. The number of hydrogen-bond acceptors (Lipinski definition) is 8. The first-order chi connectivity index (χ1) is 7.36. The molecule has 8 nitrogen and oxygen atoms in total. The Morgan fingerprint density at radius 3 is 1.75 bits per heavy atom. The fourth-order valence-electron chi connectivity index (χ4n) is 0.978. The number of hydrogen-bond donors (Lipinski definition) is 7. The number of carbonyl (C=O) groups excluding carboxylic acids is 1. The van der Waals surface area contributed by atoms with E-state index in [-0.39, 0.29) is 0 Å². The van der Waals surface area contributed by atoms with Crippen LogP contribution in [0.3, 0.4) is 0 Å². The number of rotatable bonds is 7. The minimum Gasteiger partial charge on any atom is -0.394 e. The number of ketones is 1. The Labute approximate surface area is 91.0 Å². The van der Waals surface area contributed by atoms with Gasteiger partial charge < -0.3 is 35.7 Å². The van der Waals surface area contributed by atoms with Crippen molar-refractivity contribution in [2.24, 2.45) is 0 Å². The monoisotopic (exact) mass is 240 g/mol. The van der Waals surface area contributed by atoms with Gasteiger partial charge in [-0.1, -0.05) is 0 Å². The van der Waals surface area contributed by atoms with Gasteiger partial charge in [0.15, 0.2) is 5.78 Å². The molecule has 0 bridgehead atoms. The van der Waals surface area contributed by atoms with Gasteiger partial charge in [0.2, 0.25) is 0 Å². The highest BCUT2D eigenvalue weighted by molar-refractivity contribution is 5.87. The summed E-state index contributed by atoms with van der Waals surface area (Å²) < 4.78 is 0. The summed E-state index contributed by atoms with van der Waals surface area (Å²) in [5.74, 6) is -1.29. The van der Waals surface area contributed by atoms with Crippen LogP contribution in [0.5, 0.6) is 0 Å². The van der Waals surface area contributed by atoms with Gasteiger partial charge in [-0.3, -0.25) is 4.79 Å². The molecule has 0 amide bonds. The second-order valence-electron chi connectivity index (χ2n) is 3.28. The lowest BCUT2D eigenvalue weighted by atomic mass is 9.98. The molecule has 0 aromatic heterocycles. The number of aliphatic hydroxyl groups is 7. The summed E-state index contributed by atoms with van der Waals surface area (Å²) in [6.07, 6.45) is -9.81. The molecular formula is C8H16O8. The van der Waals surface area contributed by atoms with Gasteiger partial charge in [0, 0.05) is 0 Å². The van der Waals surface area contributed by atoms with Crippen LogP contribution in [-0.2, 0) is 4.79 Å². The zero-order valence-electron chi connectivity index (χ0n) is 8.34. The largest absolute Gasteiger partial charge is 0.394 e. The predicted octanol–water partition coefficient (Wildman–Crippen LogP) is -4.66. The summed E-state index contributed by atoms with van der Waals surface area (Å²) in [7, 11) is 0. The quantitative estimate of drug-likeness (QED) is 0.234. The van der Waals surface area contributed by atoms with Gasteiger partial charge in [-0.2, -0.15) is 0 Å². The van der Waals surface area contributed by atoms with Crippen LogP contribution in [0.1, 0.15) is 0 Å². The molecular weight excluding hydrogens is 224 g/mol. The maximum atomic E-state index is 11.1. The SMILES string of the molecule is O=C([C@H](O)CO)[C@H](O)[C@@H](O)[C@H](O)[C@H](O)CO. The third kappa shape index (κ3) is 3.76. The summed E-state index contributed by atoms with van der Waals surface area (Å²) in [5, 5.41) is 62.2. The van der Waals surface area contributed by atoms with Gasteiger partial charge in [-0.15, -0.1) is 0 Å². The van der Waals surface area contributed by atoms with Crippen LogP contribution in [0.25, 0.3) is 0 Å². The molecule has 0 aliphatic rings. The van der Waals surface area contributed by atoms with Crippen LogP contribution in [-0.4, -0.2) is 85.3 Å². The maximum absolute atomic E-state index is 11.1. The van der Waals surface area contributed by atoms with Crippen molar-refractivity contribution in [3.63, 3.8) is 0 Å². The fraction of sp³-hybridized carbons (Fsp3) is 0.875. The summed E-state index contributed by atoms with van der Waals surface area (Å²) >= 11 is 0. The van der Waals surface area contributed by atoms with Crippen molar-refractivity contribution in [2.75, 3.05) is 13.2 Å². The molecule has 0 aromatic rings. The van der Waals surface area contributed by atoms with Crippen molar-refractivity contribution >= 4 is 5.78 Å². The molecule has 0 heterocycles. The first kappa shape index (κ1) is 15.4. The van der Waals surface area contributed by atoms with Gasteiger partial charge >= 0.3 is 0 Å². The predicted molar refractivity (Wildman–Crippen MR) is 49.2 cm³/mol. The first-order valence-corrected chi connectivity index (χ1v) is 4.52. The van der Waals surface area contributed by atoms with Crippen molar-refractivity contribution in [1.82, 2.24) is 0 Å². The maximum Gasteiger partial charge on any atom is 0.194 e. The molecule has 16 heavy (non-hydrogen) atoms. The van der Waals surface area contributed by atoms with E-state index in [9.17, 15) is 15.0 Å². The smallest absolute Gasteiger partial charge is 0.194 e. The zero-order valence-corrected chi connectivity index (χ0v) is 8.34. The van der Waals surface area contributed by atoms with Crippen molar-refractivity contribution < 1.29 is 40.5 Å². The minimum absolute atomic E-state index is 0.873. The molecule has 96 valence electrons. The Hall–Kier alpha value is -0.610. The second kappa shape index (κ2) is 6.86. The number of carbonyl (C=O) groups is 1. The van der Waals surface area contributed by atoms with Gasteiger partial charge in [0.25, 0.3) is 0 Å². The van der Waals surface area contributed by atoms with Gasteiger partial charge in [0.05, 0.1) is 13.2 Å². The van der Waals surface area contributed by atoms with Crippen LogP contribution >= 0.6 is 0 Å². The average Bonchev–Trinajstić information content (AvgIpc) is 2.32. The van der Waals surface area contributed by atoms with E-state index in [0.717, 1.165) is 0 Å². The van der Waals surface area contributed by atoms with Crippen LogP contribution in [0.4, 0.5) is 0 Å². The van der Waals surface area contributed by atoms with Gasteiger partial charge in [-0.05, 0) is 0 Å². The van der Waals surface area contributed by atoms with E-state index in [1.165, 1.54) is 0 Å². The number of aliphatic hydroxyl groups excluding tert-OH is 7. The molecule has 0 unspecified atom stereocenters. The zero-order chi connectivity index (χ0) is 12.9. The molecule has 0 aromatic carbocycles. The standard InChI is InChI=1S/C8H16O8/c9-1-3(11)5(13)7(15)8(16)6(14)4(12)2-10/h3-5,7-13,15-16H,1-2H2/t3-,4-,5-,7+,8+/m1/s1. The molecule has 0 spiro atoms. The highest BCUT2D eigenvalue weighted by Crippen LogP contribution is 2.07. The topological polar surface area (TPSA) is 159 Å². The van der Waals surface area contributed by atoms with Gasteiger partial charge in [0.1, 0.15) is 30.5 Å². The van der Waals surface area contributed by atoms with E-state index in [1.807, 2.05) is 0 Å². The molecule has 7 N–H and O–H groups in total. The summed E-state index contributed by atoms with van der Waals surface area (Å²) in [6.45, 7) is -1.82. The normalized spacial score (nSPS) is 20.9. The lowest BCUT2D eigenvalue weighted by molar-refractivity contribution is -0.155. The van der Waals surface area contributed by atoms with E-state index >= 15 is 0 Å². The van der Waals surface area contributed by atoms with Crippen molar-refractivity contribution in [1.29, 1.82) is 0 Å². The van der Waals surface area contributed by atoms with Crippen LogP contribution < -0.4 is 0 Å². The Morgan fingerprint density at radius 2 is 1.38 bits per heavy atom. The molecule has 5 atom stereocenters. The molecule has 0 fully saturated rings. The van der Waals surface area contributed by atoms with Crippen molar-refractivity contribution in [3.8, 4) is 0 Å². The highest BCUT2D eigenvalue weighted by Gasteiger charge is 2.36.